The molecule has 5 nitrogen and oxygen atoms in total. The Morgan fingerprint density at radius 2 is 1.78 bits per heavy atom. The second-order valence-electron chi connectivity index (χ2n) is 6.53. The van der Waals surface area contributed by atoms with Crippen LogP contribution in [-0.4, -0.2) is 30.2 Å². The molecule has 142 valence electrons. The third-order valence-corrected chi connectivity index (χ3v) is 4.46. The molecule has 0 spiro atoms. The average molecular weight is 377 g/mol. The van der Waals surface area contributed by atoms with E-state index in [1.54, 1.807) is 38.2 Å². The summed E-state index contributed by atoms with van der Waals surface area (Å²) in [6, 6.07) is 12.9. The van der Waals surface area contributed by atoms with Gasteiger partial charge in [-0.15, -0.1) is 13.2 Å². The first-order valence-electron chi connectivity index (χ1n) is 8.16. The number of carbonyl (C=O) groups excluding carboxylic acids is 1. The number of guanidine groups is 1. The maximum Gasteiger partial charge on any atom is 0.573 e. The smallest absolute Gasteiger partial charge is 0.406 e. The van der Waals surface area contributed by atoms with Crippen molar-refractivity contribution in [1.82, 2.24) is 4.90 Å². The molecule has 0 radical (unpaired) electrons. The molecule has 0 saturated heterocycles. The zero-order valence-electron chi connectivity index (χ0n) is 14.7. The predicted molar refractivity (Wildman–Crippen MR) is 94.9 cm³/mol. The fourth-order valence-electron chi connectivity index (χ4n) is 2.98. The lowest BCUT2D eigenvalue weighted by Gasteiger charge is -2.33. The van der Waals surface area contributed by atoms with E-state index in [9.17, 15) is 18.0 Å². The van der Waals surface area contributed by atoms with Gasteiger partial charge in [-0.2, -0.15) is 0 Å². The SMILES string of the molecule is CN1C(=O)CC(C)(c2cccc(-c3cccc(OC(F)(F)F)c3)c2)N=C1N. The van der Waals surface area contributed by atoms with Crippen molar-refractivity contribution < 1.29 is 22.7 Å². The van der Waals surface area contributed by atoms with Crippen LogP contribution >= 0.6 is 0 Å². The Morgan fingerprint density at radius 3 is 2.41 bits per heavy atom. The number of rotatable bonds is 3. The fraction of sp³-hybridized carbons (Fsp3) is 0.263. The lowest BCUT2D eigenvalue weighted by Crippen LogP contribution is -2.47. The molecular formula is C19H18F3N3O2. The molecule has 1 atom stereocenters. The number of hydrogen-bond donors (Lipinski definition) is 1. The highest BCUT2D eigenvalue weighted by Crippen LogP contribution is 2.35. The van der Waals surface area contributed by atoms with Gasteiger partial charge in [-0.05, 0) is 41.8 Å². The van der Waals surface area contributed by atoms with Crippen LogP contribution in [0.25, 0.3) is 11.1 Å². The zero-order valence-corrected chi connectivity index (χ0v) is 14.7. The van der Waals surface area contributed by atoms with E-state index >= 15 is 0 Å². The van der Waals surface area contributed by atoms with Crippen LogP contribution in [0.2, 0.25) is 0 Å². The first kappa shape index (κ1) is 18.8. The van der Waals surface area contributed by atoms with Gasteiger partial charge in [-0.1, -0.05) is 30.3 Å². The number of hydrogen-bond acceptors (Lipinski definition) is 4. The van der Waals surface area contributed by atoms with Gasteiger partial charge in [0.15, 0.2) is 5.96 Å². The van der Waals surface area contributed by atoms with E-state index < -0.39 is 11.9 Å². The summed E-state index contributed by atoms with van der Waals surface area (Å²) >= 11 is 0. The van der Waals surface area contributed by atoms with Crippen molar-refractivity contribution in [2.24, 2.45) is 10.7 Å². The quantitative estimate of drug-likeness (QED) is 0.888. The van der Waals surface area contributed by atoms with Crippen molar-refractivity contribution >= 4 is 11.9 Å². The summed E-state index contributed by atoms with van der Waals surface area (Å²) in [6.45, 7) is 1.80. The van der Waals surface area contributed by atoms with E-state index in [0.29, 0.717) is 11.1 Å². The van der Waals surface area contributed by atoms with Gasteiger partial charge in [-0.25, -0.2) is 4.99 Å². The van der Waals surface area contributed by atoms with E-state index in [-0.39, 0.29) is 24.0 Å². The number of alkyl halides is 3. The van der Waals surface area contributed by atoms with Gasteiger partial charge < -0.3 is 10.5 Å². The summed E-state index contributed by atoms with van der Waals surface area (Å²) in [6.07, 6.45) is -4.61. The minimum atomic E-state index is -4.76. The van der Waals surface area contributed by atoms with Crippen LogP contribution in [0.15, 0.2) is 53.5 Å². The molecule has 27 heavy (non-hydrogen) atoms. The molecular weight excluding hydrogens is 359 g/mol. The number of ether oxygens (including phenoxy) is 1. The first-order valence-corrected chi connectivity index (χ1v) is 8.16. The van der Waals surface area contributed by atoms with E-state index in [1.165, 1.54) is 23.1 Å². The minimum absolute atomic E-state index is 0.125. The van der Waals surface area contributed by atoms with E-state index in [1.807, 2.05) is 6.07 Å². The molecule has 8 heteroatoms. The summed E-state index contributed by atoms with van der Waals surface area (Å²) in [7, 11) is 1.56. The average Bonchev–Trinajstić information content (AvgIpc) is 2.58. The Labute approximate surface area is 154 Å². The van der Waals surface area contributed by atoms with Crippen molar-refractivity contribution in [3.63, 3.8) is 0 Å². The maximum atomic E-state index is 12.5. The zero-order chi connectivity index (χ0) is 19.8. The Bertz CT molecular complexity index is 911. The molecule has 0 aliphatic carbocycles. The monoisotopic (exact) mass is 377 g/mol. The summed E-state index contributed by atoms with van der Waals surface area (Å²) in [5, 5.41) is 0. The summed E-state index contributed by atoms with van der Waals surface area (Å²) < 4.78 is 41.3. The Balaban J connectivity index is 1.97. The topological polar surface area (TPSA) is 67.9 Å². The summed E-state index contributed by atoms with van der Waals surface area (Å²) in [5.74, 6) is -0.330. The van der Waals surface area contributed by atoms with Crippen LogP contribution in [0, 0.1) is 0 Å². The molecule has 0 aromatic heterocycles. The van der Waals surface area contributed by atoms with Crippen molar-refractivity contribution in [3.8, 4) is 16.9 Å². The van der Waals surface area contributed by atoms with Gasteiger partial charge in [-0.3, -0.25) is 9.69 Å². The van der Waals surface area contributed by atoms with E-state index in [2.05, 4.69) is 9.73 Å². The second kappa shape index (κ2) is 6.61. The lowest BCUT2D eigenvalue weighted by atomic mass is 9.86. The van der Waals surface area contributed by atoms with Gasteiger partial charge in [0.2, 0.25) is 5.91 Å². The van der Waals surface area contributed by atoms with Gasteiger partial charge in [0.1, 0.15) is 5.75 Å². The molecule has 1 heterocycles. The Hall–Kier alpha value is -3.03. The van der Waals surface area contributed by atoms with Crippen LogP contribution in [0.5, 0.6) is 5.75 Å². The van der Waals surface area contributed by atoms with Crippen molar-refractivity contribution in [2.75, 3.05) is 7.05 Å². The molecule has 2 aromatic carbocycles. The van der Waals surface area contributed by atoms with Crippen LogP contribution in [0.3, 0.4) is 0 Å². The van der Waals surface area contributed by atoms with Crippen molar-refractivity contribution in [1.29, 1.82) is 0 Å². The molecule has 2 N–H and O–H groups in total. The number of halogens is 3. The number of amides is 1. The van der Waals surface area contributed by atoms with Gasteiger partial charge in [0, 0.05) is 7.05 Å². The number of nitrogens with zero attached hydrogens (tertiary/aromatic N) is 2. The highest BCUT2D eigenvalue weighted by molar-refractivity contribution is 5.98. The fourth-order valence-corrected chi connectivity index (χ4v) is 2.98. The summed E-state index contributed by atoms with van der Waals surface area (Å²) in [4.78, 5) is 17.9. The normalized spacial score (nSPS) is 20.4. The molecule has 2 aromatic rings. The molecule has 3 rings (SSSR count). The van der Waals surface area contributed by atoms with Crippen LogP contribution in [-0.2, 0) is 10.3 Å². The third-order valence-electron chi connectivity index (χ3n) is 4.46. The maximum absolute atomic E-state index is 12.5. The first-order chi connectivity index (χ1) is 12.6. The van der Waals surface area contributed by atoms with Crippen LogP contribution < -0.4 is 10.5 Å². The molecule has 1 amide bonds. The standard InChI is InChI=1S/C19H18F3N3O2/c1-18(11-16(26)25(2)17(23)24-18)14-7-3-5-12(9-14)13-6-4-8-15(10-13)27-19(20,21)22/h3-10H,11H2,1-2H3,(H2,23,24). The van der Waals surface area contributed by atoms with Gasteiger partial charge in [0.05, 0.1) is 12.0 Å². The van der Waals surface area contributed by atoms with Crippen LogP contribution in [0.4, 0.5) is 13.2 Å². The number of nitrogens with two attached hydrogens (primary N) is 1. The number of aliphatic imine (C=N–C) groups is 1. The van der Waals surface area contributed by atoms with Crippen LogP contribution in [0.1, 0.15) is 18.9 Å². The van der Waals surface area contributed by atoms with E-state index in [4.69, 9.17) is 5.73 Å². The summed E-state index contributed by atoms with van der Waals surface area (Å²) in [5.41, 5.74) is 6.98. The molecule has 1 aliphatic rings. The van der Waals surface area contributed by atoms with Crippen molar-refractivity contribution in [3.05, 3.63) is 54.1 Å². The van der Waals surface area contributed by atoms with E-state index in [0.717, 1.165) is 5.56 Å². The second-order valence-corrected chi connectivity index (χ2v) is 6.53. The van der Waals surface area contributed by atoms with Gasteiger partial charge >= 0.3 is 6.36 Å². The Morgan fingerprint density at radius 1 is 1.15 bits per heavy atom. The lowest BCUT2D eigenvalue weighted by molar-refractivity contribution is -0.274. The molecule has 0 fully saturated rings. The van der Waals surface area contributed by atoms with Gasteiger partial charge in [0.25, 0.3) is 0 Å². The molecule has 1 aliphatic heterocycles. The molecule has 1 unspecified atom stereocenters. The van der Waals surface area contributed by atoms with Crippen molar-refractivity contribution in [2.45, 2.75) is 25.2 Å². The highest BCUT2D eigenvalue weighted by Gasteiger charge is 2.36. The third kappa shape index (κ3) is 4.05. The Kier molecular flexibility index (Phi) is 4.59. The highest BCUT2D eigenvalue weighted by atomic mass is 19.4. The minimum Gasteiger partial charge on any atom is -0.406 e. The number of carbonyl (C=O) groups is 1. The molecule has 0 bridgehead atoms. The largest absolute Gasteiger partial charge is 0.573 e. The predicted octanol–water partition coefficient (Wildman–Crippen LogP) is 3.64. The number of benzene rings is 2. The molecule has 0 saturated carbocycles.